The molecule has 0 aliphatic carbocycles. The number of ether oxygens (including phenoxy) is 1. The van der Waals surface area contributed by atoms with E-state index in [-0.39, 0.29) is 17.8 Å². The fraction of sp³-hybridized carbons (Fsp3) is 0.292. The lowest BCUT2D eigenvalue weighted by molar-refractivity contribution is -0.663. The van der Waals surface area contributed by atoms with Crippen molar-refractivity contribution in [2.24, 2.45) is 7.05 Å². The highest BCUT2D eigenvalue weighted by molar-refractivity contribution is 5.70. The summed E-state index contributed by atoms with van der Waals surface area (Å²) in [6.07, 6.45) is 0.886. The number of aromatic nitrogens is 4. The minimum absolute atomic E-state index is 0.247. The van der Waals surface area contributed by atoms with Gasteiger partial charge in [0, 0.05) is 13.5 Å². The number of hydrogen-bond donors (Lipinski definition) is 1. The maximum Gasteiger partial charge on any atom is 0.364 e. The SMILES string of the molecule is COc1ccc(N2CCC[n+]3c2[nH]c2c3c(=O)n(Cc3ccccc3C)c(=O)n2C)cc1. The number of nitrogens with one attached hydrogen (secondary N) is 1. The lowest BCUT2D eigenvalue weighted by Crippen LogP contribution is -2.49. The molecule has 0 radical (unpaired) electrons. The number of imidazole rings is 1. The summed E-state index contributed by atoms with van der Waals surface area (Å²) in [4.78, 5) is 32.2. The molecule has 0 spiro atoms. The summed E-state index contributed by atoms with van der Waals surface area (Å²) >= 11 is 0. The first kappa shape index (κ1) is 20.1. The first-order valence-electron chi connectivity index (χ1n) is 10.7. The molecule has 3 heterocycles. The van der Waals surface area contributed by atoms with Gasteiger partial charge >= 0.3 is 11.6 Å². The largest absolute Gasteiger partial charge is 0.497 e. The zero-order chi connectivity index (χ0) is 22.4. The molecule has 0 saturated heterocycles. The Bertz CT molecular complexity index is 1430. The van der Waals surface area contributed by atoms with Crippen LogP contribution in [0.4, 0.5) is 11.6 Å². The van der Waals surface area contributed by atoms with Crippen molar-refractivity contribution in [2.45, 2.75) is 26.4 Å². The molecule has 32 heavy (non-hydrogen) atoms. The van der Waals surface area contributed by atoms with E-state index in [1.165, 1.54) is 9.13 Å². The molecule has 8 nitrogen and oxygen atoms in total. The summed E-state index contributed by atoms with van der Waals surface area (Å²) in [6, 6.07) is 15.7. The Morgan fingerprint density at radius 1 is 1.09 bits per heavy atom. The molecule has 1 aliphatic rings. The summed E-state index contributed by atoms with van der Waals surface area (Å²) in [7, 11) is 3.35. The van der Waals surface area contributed by atoms with Crippen LogP contribution in [-0.4, -0.2) is 27.8 Å². The number of anilines is 2. The van der Waals surface area contributed by atoms with Gasteiger partial charge < -0.3 is 4.74 Å². The Hall–Kier alpha value is -3.81. The predicted molar refractivity (Wildman–Crippen MR) is 123 cm³/mol. The van der Waals surface area contributed by atoms with Gasteiger partial charge in [-0.05, 0) is 42.3 Å². The van der Waals surface area contributed by atoms with E-state index in [0.717, 1.165) is 41.5 Å². The molecule has 164 valence electrons. The molecule has 0 bridgehead atoms. The fourth-order valence-electron chi connectivity index (χ4n) is 4.45. The standard InChI is InChI=1S/C24H25N5O3/c1-16-7-4-5-8-17(16)15-29-22(30)20-21(26(2)24(29)31)25-23-27(13-6-14-28(20)23)18-9-11-19(32-3)12-10-18/h4-5,7-12H,6,13-15H2,1-3H3/p+1. The van der Waals surface area contributed by atoms with Gasteiger partial charge in [-0.1, -0.05) is 24.3 Å². The van der Waals surface area contributed by atoms with Gasteiger partial charge in [-0.25, -0.2) is 19.2 Å². The number of H-pyrrole nitrogens is 1. The van der Waals surface area contributed by atoms with E-state index in [9.17, 15) is 9.59 Å². The van der Waals surface area contributed by atoms with Gasteiger partial charge in [-0.2, -0.15) is 0 Å². The van der Waals surface area contributed by atoms with Gasteiger partial charge in [0.2, 0.25) is 11.2 Å². The van der Waals surface area contributed by atoms with Crippen LogP contribution in [0.25, 0.3) is 11.2 Å². The Labute approximate surface area is 184 Å². The van der Waals surface area contributed by atoms with Crippen molar-refractivity contribution < 1.29 is 9.30 Å². The van der Waals surface area contributed by atoms with Crippen molar-refractivity contribution in [1.82, 2.24) is 14.1 Å². The maximum absolute atomic E-state index is 13.6. The van der Waals surface area contributed by atoms with Crippen molar-refractivity contribution in [3.63, 3.8) is 0 Å². The molecule has 1 aliphatic heterocycles. The van der Waals surface area contributed by atoms with E-state index < -0.39 is 0 Å². The van der Waals surface area contributed by atoms with Crippen LogP contribution in [0.2, 0.25) is 0 Å². The van der Waals surface area contributed by atoms with Gasteiger partial charge in [0.05, 0.1) is 26.7 Å². The van der Waals surface area contributed by atoms with Crippen molar-refractivity contribution in [3.05, 3.63) is 80.5 Å². The van der Waals surface area contributed by atoms with Crippen LogP contribution in [0.3, 0.4) is 0 Å². The van der Waals surface area contributed by atoms with Crippen molar-refractivity contribution in [2.75, 3.05) is 18.6 Å². The molecule has 0 atom stereocenters. The van der Waals surface area contributed by atoms with E-state index in [2.05, 4.69) is 9.88 Å². The third kappa shape index (κ3) is 3.10. The molecule has 2 aromatic heterocycles. The summed E-state index contributed by atoms with van der Waals surface area (Å²) in [5.74, 6) is 1.59. The lowest BCUT2D eigenvalue weighted by Gasteiger charge is -2.22. The van der Waals surface area contributed by atoms with Crippen LogP contribution in [0.5, 0.6) is 5.75 Å². The number of rotatable bonds is 4. The molecular formula is C24H26N5O3+. The Morgan fingerprint density at radius 3 is 2.56 bits per heavy atom. The molecule has 1 N–H and O–H groups in total. The molecule has 4 aromatic rings. The lowest BCUT2D eigenvalue weighted by atomic mass is 10.1. The Kier molecular flexibility index (Phi) is 4.84. The van der Waals surface area contributed by atoms with Crippen LogP contribution in [-0.2, 0) is 20.1 Å². The third-order valence-electron chi connectivity index (χ3n) is 6.27. The number of methoxy groups -OCH3 is 1. The highest BCUT2D eigenvalue weighted by Gasteiger charge is 2.33. The van der Waals surface area contributed by atoms with Gasteiger partial charge in [-0.15, -0.1) is 0 Å². The third-order valence-corrected chi connectivity index (χ3v) is 6.27. The zero-order valence-corrected chi connectivity index (χ0v) is 18.5. The van der Waals surface area contributed by atoms with E-state index >= 15 is 0 Å². The number of nitrogens with zero attached hydrogens (tertiary/aromatic N) is 4. The normalized spacial score (nSPS) is 13.4. The molecule has 0 fully saturated rings. The van der Waals surface area contributed by atoms with Crippen LogP contribution in [0, 0.1) is 6.92 Å². The first-order valence-corrected chi connectivity index (χ1v) is 10.7. The highest BCUT2D eigenvalue weighted by atomic mass is 16.5. The number of aryl methyl sites for hydroxylation is 3. The predicted octanol–water partition coefficient (Wildman–Crippen LogP) is 2.22. The van der Waals surface area contributed by atoms with Crippen molar-refractivity contribution in [1.29, 1.82) is 0 Å². The van der Waals surface area contributed by atoms with E-state index in [4.69, 9.17) is 4.74 Å². The smallest absolute Gasteiger partial charge is 0.364 e. The summed E-state index contributed by atoms with van der Waals surface area (Å²) in [5.41, 5.74) is 3.46. The number of aromatic amines is 1. The second kappa shape index (κ2) is 7.71. The minimum atomic E-state index is -0.332. The molecule has 0 unspecified atom stereocenters. The van der Waals surface area contributed by atoms with Gasteiger partial charge in [0.25, 0.3) is 5.56 Å². The maximum atomic E-state index is 13.6. The fourth-order valence-corrected chi connectivity index (χ4v) is 4.45. The molecule has 0 amide bonds. The first-order chi connectivity index (χ1) is 15.5. The average molecular weight is 433 g/mol. The van der Waals surface area contributed by atoms with Gasteiger partial charge in [-0.3, -0.25) is 13.9 Å². The summed E-state index contributed by atoms with van der Waals surface area (Å²) in [5, 5.41) is 0. The van der Waals surface area contributed by atoms with Crippen LogP contribution < -0.4 is 25.5 Å². The van der Waals surface area contributed by atoms with Gasteiger partial charge in [0.15, 0.2) is 0 Å². The molecule has 8 heteroatoms. The molecule has 5 rings (SSSR count). The average Bonchev–Trinajstić information content (AvgIpc) is 3.22. The summed E-state index contributed by atoms with van der Waals surface area (Å²) < 4.78 is 10.1. The van der Waals surface area contributed by atoms with Crippen molar-refractivity contribution in [3.8, 4) is 5.75 Å². The van der Waals surface area contributed by atoms with Crippen molar-refractivity contribution >= 4 is 22.8 Å². The topological polar surface area (TPSA) is 76.1 Å². The van der Waals surface area contributed by atoms with E-state index in [1.54, 1.807) is 14.2 Å². The number of benzene rings is 2. The zero-order valence-electron chi connectivity index (χ0n) is 18.5. The number of hydrogen-bond acceptors (Lipinski definition) is 4. The molecule has 2 aromatic carbocycles. The second-order valence-electron chi connectivity index (χ2n) is 8.16. The molecular weight excluding hydrogens is 406 g/mol. The molecule has 0 saturated carbocycles. The Balaban J connectivity index is 1.68. The van der Waals surface area contributed by atoms with E-state index in [1.807, 2.05) is 60.0 Å². The van der Waals surface area contributed by atoms with Gasteiger partial charge in [0.1, 0.15) is 11.4 Å². The monoisotopic (exact) mass is 432 g/mol. The van der Waals surface area contributed by atoms with Crippen LogP contribution in [0.15, 0.2) is 58.1 Å². The van der Waals surface area contributed by atoms with Crippen LogP contribution in [0.1, 0.15) is 17.5 Å². The second-order valence-corrected chi connectivity index (χ2v) is 8.16. The Morgan fingerprint density at radius 2 is 1.84 bits per heavy atom. The van der Waals surface area contributed by atoms with Crippen LogP contribution >= 0.6 is 0 Å². The minimum Gasteiger partial charge on any atom is -0.497 e. The highest BCUT2D eigenvalue weighted by Crippen LogP contribution is 2.27. The summed E-state index contributed by atoms with van der Waals surface area (Å²) in [6.45, 7) is 3.75. The number of fused-ring (bicyclic) bond motifs is 3. The quantitative estimate of drug-likeness (QED) is 0.502. The van der Waals surface area contributed by atoms with E-state index in [0.29, 0.717) is 17.7 Å².